The van der Waals surface area contributed by atoms with E-state index in [1.807, 2.05) is 0 Å². The number of hydrogen-bond acceptors (Lipinski definition) is 2. The monoisotopic (exact) mass is 224 g/mol. The predicted molar refractivity (Wildman–Crippen MR) is 66.6 cm³/mol. The SMILES string of the molecule is NC(=NCCC1CCOC1)C1CCCCC1. The first-order valence-corrected chi connectivity index (χ1v) is 6.74. The number of ether oxygens (including phenoxy) is 1. The summed E-state index contributed by atoms with van der Waals surface area (Å²) in [7, 11) is 0. The molecular formula is C13H24N2O. The molecule has 1 atom stereocenters. The van der Waals surface area contributed by atoms with E-state index in [1.165, 1.54) is 38.5 Å². The van der Waals surface area contributed by atoms with E-state index in [-0.39, 0.29) is 0 Å². The first-order valence-electron chi connectivity index (χ1n) is 6.74. The van der Waals surface area contributed by atoms with Gasteiger partial charge in [-0.3, -0.25) is 4.99 Å². The van der Waals surface area contributed by atoms with E-state index in [9.17, 15) is 0 Å². The van der Waals surface area contributed by atoms with Gasteiger partial charge < -0.3 is 10.5 Å². The zero-order valence-corrected chi connectivity index (χ0v) is 10.2. The molecule has 0 aromatic heterocycles. The lowest BCUT2D eigenvalue weighted by atomic mass is 9.88. The Bertz CT molecular complexity index is 228. The van der Waals surface area contributed by atoms with E-state index in [0.717, 1.165) is 37.9 Å². The molecule has 0 aromatic carbocycles. The van der Waals surface area contributed by atoms with Gasteiger partial charge in [-0.05, 0) is 31.6 Å². The fraction of sp³-hybridized carbons (Fsp3) is 0.923. The minimum absolute atomic E-state index is 0.577. The zero-order valence-electron chi connectivity index (χ0n) is 10.2. The van der Waals surface area contributed by atoms with E-state index in [1.54, 1.807) is 0 Å². The van der Waals surface area contributed by atoms with E-state index in [2.05, 4.69) is 4.99 Å². The Labute approximate surface area is 98.5 Å². The average Bonchev–Trinajstić information content (AvgIpc) is 2.83. The van der Waals surface area contributed by atoms with Gasteiger partial charge in [0.05, 0.1) is 5.84 Å². The molecule has 1 unspecified atom stereocenters. The number of rotatable bonds is 4. The second-order valence-electron chi connectivity index (χ2n) is 5.16. The van der Waals surface area contributed by atoms with E-state index < -0.39 is 0 Å². The van der Waals surface area contributed by atoms with Crippen molar-refractivity contribution in [3.05, 3.63) is 0 Å². The molecule has 3 nitrogen and oxygen atoms in total. The van der Waals surface area contributed by atoms with Crippen LogP contribution in [0.25, 0.3) is 0 Å². The summed E-state index contributed by atoms with van der Waals surface area (Å²) in [6.07, 6.45) is 8.90. The minimum atomic E-state index is 0.577. The van der Waals surface area contributed by atoms with Gasteiger partial charge in [-0.2, -0.15) is 0 Å². The molecule has 1 saturated carbocycles. The zero-order chi connectivity index (χ0) is 11.2. The van der Waals surface area contributed by atoms with Crippen LogP contribution in [0.3, 0.4) is 0 Å². The predicted octanol–water partition coefficient (Wildman–Crippen LogP) is 2.35. The Balaban J connectivity index is 1.68. The summed E-state index contributed by atoms with van der Waals surface area (Å²) in [6.45, 7) is 2.77. The van der Waals surface area contributed by atoms with E-state index in [0.29, 0.717) is 5.92 Å². The van der Waals surface area contributed by atoms with Gasteiger partial charge in [-0.15, -0.1) is 0 Å². The van der Waals surface area contributed by atoms with Crippen molar-refractivity contribution < 1.29 is 4.74 Å². The lowest BCUT2D eigenvalue weighted by molar-refractivity contribution is 0.184. The van der Waals surface area contributed by atoms with Gasteiger partial charge >= 0.3 is 0 Å². The largest absolute Gasteiger partial charge is 0.387 e. The number of aliphatic imine (C=N–C) groups is 1. The third-order valence-corrected chi connectivity index (χ3v) is 3.88. The van der Waals surface area contributed by atoms with Crippen molar-refractivity contribution in [1.82, 2.24) is 0 Å². The van der Waals surface area contributed by atoms with Gasteiger partial charge in [0, 0.05) is 25.7 Å². The highest BCUT2D eigenvalue weighted by Crippen LogP contribution is 2.23. The van der Waals surface area contributed by atoms with Crippen molar-refractivity contribution in [3.8, 4) is 0 Å². The first kappa shape index (κ1) is 11.9. The van der Waals surface area contributed by atoms with Crippen molar-refractivity contribution in [2.75, 3.05) is 19.8 Å². The van der Waals surface area contributed by atoms with Gasteiger partial charge in [-0.1, -0.05) is 19.3 Å². The standard InChI is InChI=1S/C13H24N2O/c14-13(12-4-2-1-3-5-12)15-8-6-11-7-9-16-10-11/h11-12H,1-10H2,(H2,14,15). The van der Waals surface area contributed by atoms with Crippen LogP contribution >= 0.6 is 0 Å². The highest BCUT2D eigenvalue weighted by atomic mass is 16.5. The molecule has 1 aliphatic heterocycles. The lowest BCUT2D eigenvalue weighted by Crippen LogP contribution is -2.26. The third kappa shape index (κ3) is 3.48. The molecule has 1 saturated heterocycles. The Kier molecular flexibility index (Phi) is 4.64. The second kappa shape index (κ2) is 6.24. The molecule has 92 valence electrons. The Morgan fingerprint density at radius 2 is 2.00 bits per heavy atom. The Morgan fingerprint density at radius 1 is 1.19 bits per heavy atom. The van der Waals surface area contributed by atoms with Crippen molar-refractivity contribution in [3.63, 3.8) is 0 Å². The van der Waals surface area contributed by atoms with Gasteiger partial charge in [0.25, 0.3) is 0 Å². The maximum absolute atomic E-state index is 6.05. The maximum Gasteiger partial charge on any atom is 0.0968 e. The van der Waals surface area contributed by atoms with E-state index in [4.69, 9.17) is 10.5 Å². The second-order valence-corrected chi connectivity index (χ2v) is 5.16. The summed E-state index contributed by atoms with van der Waals surface area (Å²) in [5, 5.41) is 0. The van der Waals surface area contributed by atoms with Crippen molar-refractivity contribution in [2.45, 2.75) is 44.9 Å². The summed E-state index contributed by atoms with van der Waals surface area (Å²) in [5.41, 5.74) is 6.05. The molecule has 2 rings (SSSR count). The highest BCUT2D eigenvalue weighted by Gasteiger charge is 2.17. The molecule has 2 fully saturated rings. The number of hydrogen-bond donors (Lipinski definition) is 1. The van der Waals surface area contributed by atoms with Gasteiger partial charge in [0.15, 0.2) is 0 Å². The van der Waals surface area contributed by atoms with Crippen LogP contribution in [-0.4, -0.2) is 25.6 Å². The van der Waals surface area contributed by atoms with Crippen LogP contribution in [-0.2, 0) is 4.74 Å². The van der Waals surface area contributed by atoms with E-state index >= 15 is 0 Å². The molecule has 1 aliphatic carbocycles. The number of nitrogens with zero attached hydrogens (tertiary/aromatic N) is 1. The quantitative estimate of drug-likeness (QED) is 0.588. The summed E-state index contributed by atoms with van der Waals surface area (Å²) < 4.78 is 5.35. The van der Waals surface area contributed by atoms with Crippen LogP contribution in [0.5, 0.6) is 0 Å². The van der Waals surface area contributed by atoms with Crippen LogP contribution in [0.15, 0.2) is 4.99 Å². The molecule has 0 aromatic rings. The molecule has 3 heteroatoms. The number of amidine groups is 1. The van der Waals surface area contributed by atoms with Crippen LogP contribution in [0.1, 0.15) is 44.9 Å². The summed E-state index contributed by atoms with van der Waals surface area (Å²) in [6, 6.07) is 0. The van der Waals surface area contributed by atoms with Gasteiger partial charge in [0.2, 0.25) is 0 Å². The Hall–Kier alpha value is -0.570. The fourth-order valence-corrected chi connectivity index (χ4v) is 2.71. The first-order chi connectivity index (χ1) is 7.86. The average molecular weight is 224 g/mol. The van der Waals surface area contributed by atoms with Crippen molar-refractivity contribution in [2.24, 2.45) is 22.6 Å². The lowest BCUT2D eigenvalue weighted by Gasteiger charge is -2.21. The molecular weight excluding hydrogens is 200 g/mol. The molecule has 0 bridgehead atoms. The van der Waals surface area contributed by atoms with Crippen molar-refractivity contribution in [1.29, 1.82) is 0 Å². The molecule has 0 radical (unpaired) electrons. The normalized spacial score (nSPS) is 28.5. The smallest absolute Gasteiger partial charge is 0.0968 e. The number of nitrogens with two attached hydrogens (primary N) is 1. The van der Waals surface area contributed by atoms with Crippen molar-refractivity contribution >= 4 is 5.84 Å². The van der Waals surface area contributed by atoms with Crippen LogP contribution in [0, 0.1) is 11.8 Å². The van der Waals surface area contributed by atoms with Crippen LogP contribution in [0.2, 0.25) is 0 Å². The topological polar surface area (TPSA) is 47.6 Å². The molecule has 16 heavy (non-hydrogen) atoms. The van der Waals surface area contributed by atoms with Gasteiger partial charge in [-0.25, -0.2) is 0 Å². The molecule has 0 amide bonds. The third-order valence-electron chi connectivity index (χ3n) is 3.88. The minimum Gasteiger partial charge on any atom is -0.387 e. The maximum atomic E-state index is 6.05. The molecule has 2 aliphatic rings. The molecule has 0 spiro atoms. The molecule has 1 heterocycles. The highest BCUT2D eigenvalue weighted by molar-refractivity contribution is 5.82. The van der Waals surface area contributed by atoms with Gasteiger partial charge in [0.1, 0.15) is 0 Å². The van der Waals surface area contributed by atoms with Crippen LogP contribution < -0.4 is 5.73 Å². The summed E-state index contributed by atoms with van der Waals surface area (Å²) in [4.78, 5) is 4.55. The summed E-state index contributed by atoms with van der Waals surface area (Å²) >= 11 is 0. The summed E-state index contributed by atoms with van der Waals surface area (Å²) in [5.74, 6) is 2.22. The molecule has 2 N–H and O–H groups in total. The Morgan fingerprint density at radius 3 is 2.69 bits per heavy atom. The van der Waals surface area contributed by atoms with Crippen LogP contribution in [0.4, 0.5) is 0 Å². The fourth-order valence-electron chi connectivity index (χ4n) is 2.71.